The second-order valence-corrected chi connectivity index (χ2v) is 4.45. The standard InChI is InChI=1S/C12H12BrN3/c1-9(10-2-4-14-5-3-10)16-12-6-11(13)7-15-8-12/h2-9,16H,1H3. The Morgan fingerprint density at radius 1 is 1.19 bits per heavy atom. The van der Waals surface area contributed by atoms with E-state index in [0.29, 0.717) is 0 Å². The Kier molecular flexibility index (Phi) is 3.51. The molecule has 1 atom stereocenters. The van der Waals surface area contributed by atoms with Crippen molar-refractivity contribution in [2.75, 3.05) is 5.32 Å². The summed E-state index contributed by atoms with van der Waals surface area (Å²) in [6, 6.07) is 6.25. The van der Waals surface area contributed by atoms with Crippen molar-refractivity contribution in [1.29, 1.82) is 0 Å². The third-order valence-electron chi connectivity index (χ3n) is 2.29. The van der Waals surface area contributed by atoms with Gasteiger partial charge >= 0.3 is 0 Å². The maximum atomic E-state index is 4.11. The summed E-state index contributed by atoms with van der Waals surface area (Å²) in [6.45, 7) is 2.11. The van der Waals surface area contributed by atoms with E-state index in [1.54, 1.807) is 18.6 Å². The monoisotopic (exact) mass is 277 g/mol. The first kappa shape index (κ1) is 11.1. The molecule has 2 rings (SSSR count). The van der Waals surface area contributed by atoms with Crippen molar-refractivity contribution in [3.63, 3.8) is 0 Å². The minimum atomic E-state index is 0.235. The highest BCUT2D eigenvalue weighted by Gasteiger charge is 2.04. The van der Waals surface area contributed by atoms with Gasteiger partial charge in [0.15, 0.2) is 0 Å². The Labute approximate surface area is 103 Å². The molecule has 2 aromatic rings. The molecule has 0 aromatic carbocycles. The smallest absolute Gasteiger partial charge is 0.0542 e. The van der Waals surface area contributed by atoms with Crippen molar-refractivity contribution in [3.8, 4) is 0 Å². The lowest BCUT2D eigenvalue weighted by atomic mass is 10.1. The summed E-state index contributed by atoms with van der Waals surface area (Å²) in [5, 5.41) is 3.38. The van der Waals surface area contributed by atoms with Crippen LogP contribution in [0.3, 0.4) is 0 Å². The lowest BCUT2D eigenvalue weighted by molar-refractivity contribution is 0.878. The number of nitrogens with one attached hydrogen (secondary N) is 1. The fourth-order valence-corrected chi connectivity index (χ4v) is 1.84. The van der Waals surface area contributed by atoms with Gasteiger partial charge < -0.3 is 5.32 Å². The largest absolute Gasteiger partial charge is 0.377 e. The zero-order chi connectivity index (χ0) is 11.4. The number of halogens is 1. The molecule has 3 nitrogen and oxygen atoms in total. The van der Waals surface area contributed by atoms with Crippen LogP contribution >= 0.6 is 15.9 Å². The summed E-state index contributed by atoms with van der Waals surface area (Å²) in [5.41, 5.74) is 2.20. The predicted molar refractivity (Wildman–Crippen MR) is 68.2 cm³/mol. The van der Waals surface area contributed by atoms with E-state index < -0.39 is 0 Å². The third kappa shape index (κ3) is 2.79. The minimum absolute atomic E-state index is 0.235. The van der Waals surface area contributed by atoms with Crippen molar-refractivity contribution in [1.82, 2.24) is 9.97 Å². The van der Waals surface area contributed by atoms with Crippen LogP contribution in [-0.2, 0) is 0 Å². The molecule has 0 bridgehead atoms. The van der Waals surface area contributed by atoms with E-state index in [-0.39, 0.29) is 6.04 Å². The summed E-state index contributed by atoms with van der Waals surface area (Å²) < 4.78 is 0.972. The Hall–Kier alpha value is -1.42. The summed E-state index contributed by atoms with van der Waals surface area (Å²) in [7, 11) is 0. The highest BCUT2D eigenvalue weighted by atomic mass is 79.9. The van der Waals surface area contributed by atoms with Gasteiger partial charge in [-0.1, -0.05) is 0 Å². The van der Waals surface area contributed by atoms with Gasteiger partial charge in [-0.2, -0.15) is 0 Å². The maximum absolute atomic E-state index is 4.11. The second-order valence-electron chi connectivity index (χ2n) is 3.54. The fraction of sp³-hybridized carbons (Fsp3) is 0.167. The minimum Gasteiger partial charge on any atom is -0.377 e. The number of hydrogen-bond donors (Lipinski definition) is 1. The zero-order valence-electron chi connectivity index (χ0n) is 8.89. The topological polar surface area (TPSA) is 37.8 Å². The fourth-order valence-electron chi connectivity index (χ4n) is 1.48. The maximum Gasteiger partial charge on any atom is 0.0542 e. The van der Waals surface area contributed by atoms with Crippen molar-refractivity contribution in [3.05, 3.63) is 53.0 Å². The van der Waals surface area contributed by atoms with E-state index >= 15 is 0 Å². The molecule has 4 heteroatoms. The number of hydrogen-bond acceptors (Lipinski definition) is 3. The first-order valence-electron chi connectivity index (χ1n) is 5.03. The number of anilines is 1. The van der Waals surface area contributed by atoms with Gasteiger partial charge in [-0.3, -0.25) is 9.97 Å². The number of aromatic nitrogens is 2. The van der Waals surface area contributed by atoms with Crippen molar-refractivity contribution in [2.24, 2.45) is 0 Å². The SMILES string of the molecule is CC(Nc1cncc(Br)c1)c1ccncc1. The summed E-state index contributed by atoms with van der Waals surface area (Å²) in [6.07, 6.45) is 7.17. The van der Waals surface area contributed by atoms with Crippen LogP contribution in [0.4, 0.5) is 5.69 Å². The van der Waals surface area contributed by atoms with Crippen LogP contribution in [0.25, 0.3) is 0 Å². The Bertz CT molecular complexity index is 459. The summed E-state index contributed by atoms with van der Waals surface area (Å²) >= 11 is 3.40. The number of rotatable bonds is 3. The molecule has 0 amide bonds. The lowest BCUT2D eigenvalue weighted by Crippen LogP contribution is -2.06. The van der Waals surface area contributed by atoms with Crippen LogP contribution in [0.2, 0.25) is 0 Å². The van der Waals surface area contributed by atoms with E-state index in [0.717, 1.165) is 10.2 Å². The molecule has 0 fully saturated rings. The van der Waals surface area contributed by atoms with Crippen LogP contribution in [0, 0.1) is 0 Å². The molecular weight excluding hydrogens is 266 g/mol. The molecule has 0 saturated carbocycles. The molecule has 82 valence electrons. The zero-order valence-corrected chi connectivity index (χ0v) is 10.5. The van der Waals surface area contributed by atoms with Crippen LogP contribution in [0.5, 0.6) is 0 Å². The molecule has 0 aliphatic heterocycles. The average Bonchev–Trinajstić information content (AvgIpc) is 2.30. The molecule has 2 heterocycles. The number of pyridine rings is 2. The van der Waals surface area contributed by atoms with E-state index in [9.17, 15) is 0 Å². The normalized spacial score (nSPS) is 12.1. The lowest BCUT2D eigenvalue weighted by Gasteiger charge is -2.15. The van der Waals surface area contributed by atoms with Gasteiger partial charge in [0, 0.05) is 29.1 Å². The van der Waals surface area contributed by atoms with Gasteiger partial charge in [-0.25, -0.2) is 0 Å². The summed E-state index contributed by atoms with van der Waals surface area (Å²) in [5.74, 6) is 0. The van der Waals surface area contributed by atoms with Crippen LogP contribution in [-0.4, -0.2) is 9.97 Å². The van der Waals surface area contributed by atoms with Crippen LogP contribution in [0.1, 0.15) is 18.5 Å². The Morgan fingerprint density at radius 3 is 2.62 bits per heavy atom. The Morgan fingerprint density at radius 2 is 1.94 bits per heavy atom. The van der Waals surface area contributed by atoms with Gasteiger partial charge in [0.2, 0.25) is 0 Å². The molecule has 0 aliphatic carbocycles. The van der Waals surface area contributed by atoms with Gasteiger partial charge in [0.1, 0.15) is 0 Å². The van der Waals surface area contributed by atoms with E-state index in [1.807, 2.05) is 24.4 Å². The van der Waals surface area contributed by atoms with Gasteiger partial charge in [0.05, 0.1) is 11.9 Å². The molecule has 0 aliphatic rings. The molecule has 1 unspecified atom stereocenters. The van der Waals surface area contributed by atoms with Gasteiger partial charge in [-0.15, -0.1) is 0 Å². The quantitative estimate of drug-likeness (QED) is 0.934. The average molecular weight is 278 g/mol. The van der Waals surface area contributed by atoms with E-state index in [1.165, 1.54) is 5.56 Å². The molecular formula is C12H12BrN3. The highest BCUT2D eigenvalue weighted by Crippen LogP contribution is 2.20. The molecule has 0 radical (unpaired) electrons. The van der Waals surface area contributed by atoms with Crippen molar-refractivity contribution < 1.29 is 0 Å². The number of nitrogens with zero attached hydrogens (tertiary/aromatic N) is 2. The second kappa shape index (κ2) is 5.07. The van der Waals surface area contributed by atoms with E-state index in [2.05, 4.69) is 38.1 Å². The molecule has 0 saturated heterocycles. The van der Waals surface area contributed by atoms with Gasteiger partial charge in [0.25, 0.3) is 0 Å². The first-order valence-corrected chi connectivity index (χ1v) is 5.82. The summed E-state index contributed by atoms with van der Waals surface area (Å²) in [4.78, 5) is 8.11. The van der Waals surface area contributed by atoms with Crippen molar-refractivity contribution in [2.45, 2.75) is 13.0 Å². The third-order valence-corrected chi connectivity index (χ3v) is 2.73. The van der Waals surface area contributed by atoms with E-state index in [4.69, 9.17) is 0 Å². The molecule has 1 N–H and O–H groups in total. The van der Waals surface area contributed by atoms with Crippen LogP contribution < -0.4 is 5.32 Å². The molecule has 16 heavy (non-hydrogen) atoms. The Balaban J connectivity index is 2.11. The van der Waals surface area contributed by atoms with Crippen molar-refractivity contribution >= 4 is 21.6 Å². The first-order chi connectivity index (χ1) is 7.75. The van der Waals surface area contributed by atoms with Crippen LogP contribution in [0.15, 0.2) is 47.5 Å². The van der Waals surface area contributed by atoms with Gasteiger partial charge in [-0.05, 0) is 46.6 Å². The molecule has 0 spiro atoms. The highest BCUT2D eigenvalue weighted by molar-refractivity contribution is 9.10. The molecule has 2 aromatic heterocycles. The predicted octanol–water partition coefficient (Wildman–Crippen LogP) is 3.41.